The molecular weight excluding hydrogens is 254 g/mol. The fourth-order valence-corrected chi connectivity index (χ4v) is 2.42. The van der Waals surface area contributed by atoms with Gasteiger partial charge in [-0.05, 0) is 26.0 Å². The fraction of sp³-hybridized carbons (Fsp3) is 0.467. The molecule has 1 fully saturated rings. The number of carbonyl (C=O) groups excluding carboxylic acids is 2. The van der Waals surface area contributed by atoms with Crippen molar-refractivity contribution < 1.29 is 9.59 Å². The monoisotopic (exact) mass is 275 g/mol. The van der Waals surface area contributed by atoms with Crippen LogP contribution in [0, 0.1) is 0 Å². The maximum Gasteiger partial charge on any atom is 0.252 e. The van der Waals surface area contributed by atoms with Crippen LogP contribution in [0.15, 0.2) is 24.3 Å². The van der Waals surface area contributed by atoms with E-state index in [4.69, 9.17) is 0 Å². The summed E-state index contributed by atoms with van der Waals surface area (Å²) in [5, 5.41) is 2.77. The van der Waals surface area contributed by atoms with Gasteiger partial charge in [-0.15, -0.1) is 0 Å². The van der Waals surface area contributed by atoms with Crippen LogP contribution in [0.3, 0.4) is 0 Å². The van der Waals surface area contributed by atoms with Gasteiger partial charge in [-0.3, -0.25) is 9.59 Å². The first-order valence-corrected chi connectivity index (χ1v) is 6.72. The molecule has 1 saturated heterocycles. The average molecular weight is 275 g/mol. The van der Waals surface area contributed by atoms with Crippen molar-refractivity contribution >= 4 is 23.2 Å². The summed E-state index contributed by atoms with van der Waals surface area (Å²) in [6, 6.07) is 7.73. The third kappa shape index (κ3) is 2.61. The van der Waals surface area contributed by atoms with E-state index in [0.29, 0.717) is 13.0 Å². The first kappa shape index (κ1) is 14.4. The van der Waals surface area contributed by atoms with Crippen molar-refractivity contribution in [3.05, 3.63) is 24.3 Å². The lowest BCUT2D eigenvalue weighted by atomic mass is 10.0. The Bertz CT molecular complexity index is 538. The predicted octanol–water partition coefficient (Wildman–Crippen LogP) is 1.38. The molecular formula is C15H21N3O2. The summed E-state index contributed by atoms with van der Waals surface area (Å²) in [5.74, 6) is -0.175. The molecule has 1 aliphatic rings. The van der Waals surface area contributed by atoms with Crippen molar-refractivity contribution in [3.63, 3.8) is 0 Å². The summed E-state index contributed by atoms with van der Waals surface area (Å²) >= 11 is 0. The van der Waals surface area contributed by atoms with Crippen molar-refractivity contribution in [2.24, 2.45) is 0 Å². The Morgan fingerprint density at radius 3 is 2.50 bits per heavy atom. The summed E-state index contributed by atoms with van der Waals surface area (Å²) < 4.78 is 0. The van der Waals surface area contributed by atoms with Crippen LogP contribution in [0.1, 0.15) is 20.3 Å². The topological polar surface area (TPSA) is 52.6 Å². The minimum atomic E-state index is -0.882. The first-order valence-electron chi connectivity index (χ1n) is 6.72. The van der Waals surface area contributed by atoms with E-state index < -0.39 is 5.54 Å². The van der Waals surface area contributed by atoms with Gasteiger partial charge in [-0.1, -0.05) is 12.1 Å². The van der Waals surface area contributed by atoms with Gasteiger partial charge in [0, 0.05) is 27.1 Å². The highest BCUT2D eigenvalue weighted by Crippen LogP contribution is 2.30. The van der Waals surface area contributed by atoms with E-state index in [-0.39, 0.29) is 11.8 Å². The molecule has 1 N–H and O–H groups in total. The molecule has 20 heavy (non-hydrogen) atoms. The molecule has 2 rings (SSSR count). The van der Waals surface area contributed by atoms with E-state index in [9.17, 15) is 9.59 Å². The highest BCUT2D eigenvalue weighted by Gasteiger charge is 2.37. The quantitative estimate of drug-likeness (QED) is 0.887. The second kappa shape index (κ2) is 5.15. The largest absolute Gasteiger partial charge is 0.376 e. The van der Waals surface area contributed by atoms with Crippen molar-refractivity contribution in [3.8, 4) is 0 Å². The number of amides is 2. The van der Waals surface area contributed by atoms with Gasteiger partial charge in [0.25, 0.3) is 5.91 Å². The molecule has 2 amide bonds. The molecule has 1 heterocycles. The van der Waals surface area contributed by atoms with E-state index >= 15 is 0 Å². The number of benzene rings is 1. The van der Waals surface area contributed by atoms with Crippen molar-refractivity contribution in [2.75, 3.05) is 30.4 Å². The molecule has 5 heteroatoms. The molecule has 1 aromatic carbocycles. The second-order valence-electron chi connectivity index (χ2n) is 5.76. The predicted molar refractivity (Wildman–Crippen MR) is 80.0 cm³/mol. The van der Waals surface area contributed by atoms with E-state index in [1.807, 2.05) is 43.3 Å². The number of para-hydroxylation sites is 2. The van der Waals surface area contributed by atoms with Crippen molar-refractivity contribution in [1.82, 2.24) is 5.32 Å². The normalized spacial score (nSPS) is 18.5. The lowest BCUT2D eigenvalue weighted by Gasteiger charge is -2.31. The minimum Gasteiger partial charge on any atom is -0.376 e. The Labute approximate surface area is 119 Å². The summed E-state index contributed by atoms with van der Waals surface area (Å²) in [6.07, 6.45) is 0.316. The molecule has 0 atom stereocenters. The zero-order valence-corrected chi connectivity index (χ0v) is 12.4. The lowest BCUT2D eigenvalue weighted by molar-refractivity contribution is -0.128. The van der Waals surface area contributed by atoms with Crippen molar-refractivity contribution in [2.45, 2.75) is 25.8 Å². The van der Waals surface area contributed by atoms with E-state index in [2.05, 4.69) is 5.32 Å². The van der Waals surface area contributed by atoms with Gasteiger partial charge in [-0.2, -0.15) is 0 Å². The van der Waals surface area contributed by atoms with E-state index in [1.54, 1.807) is 18.7 Å². The molecule has 0 saturated carbocycles. The van der Waals surface area contributed by atoms with Crippen LogP contribution in [0.25, 0.3) is 0 Å². The van der Waals surface area contributed by atoms with Crippen LogP contribution in [-0.2, 0) is 9.59 Å². The van der Waals surface area contributed by atoms with Gasteiger partial charge in [-0.25, -0.2) is 0 Å². The lowest BCUT2D eigenvalue weighted by Crippen LogP contribution is -2.53. The Kier molecular flexibility index (Phi) is 3.70. The molecule has 0 unspecified atom stereocenters. The molecule has 0 spiro atoms. The Hall–Kier alpha value is -2.04. The van der Waals surface area contributed by atoms with Gasteiger partial charge in [0.1, 0.15) is 5.54 Å². The fourth-order valence-electron chi connectivity index (χ4n) is 2.42. The van der Waals surface area contributed by atoms with Gasteiger partial charge >= 0.3 is 0 Å². The third-order valence-electron chi connectivity index (χ3n) is 3.45. The number of rotatable bonds is 2. The number of nitrogens with one attached hydrogen (secondary N) is 1. The van der Waals surface area contributed by atoms with Crippen LogP contribution in [0.4, 0.5) is 11.4 Å². The smallest absolute Gasteiger partial charge is 0.252 e. The number of carbonyl (C=O) groups is 2. The SMILES string of the molecule is CN(C)c1ccccc1N1CCC(=O)NC(C)(C)C1=O. The molecule has 1 aliphatic heterocycles. The first-order chi connectivity index (χ1) is 9.33. The van der Waals surface area contributed by atoms with Gasteiger partial charge in [0.2, 0.25) is 5.91 Å². The number of hydrogen-bond acceptors (Lipinski definition) is 3. The third-order valence-corrected chi connectivity index (χ3v) is 3.45. The van der Waals surface area contributed by atoms with Gasteiger partial charge in [0.15, 0.2) is 0 Å². The highest BCUT2D eigenvalue weighted by molar-refractivity contribution is 6.05. The molecule has 108 valence electrons. The average Bonchev–Trinajstić information content (AvgIpc) is 2.47. The number of hydrogen-bond donors (Lipinski definition) is 1. The summed E-state index contributed by atoms with van der Waals surface area (Å²) in [6.45, 7) is 3.88. The summed E-state index contributed by atoms with van der Waals surface area (Å²) in [5.41, 5.74) is 0.922. The Morgan fingerprint density at radius 2 is 1.85 bits per heavy atom. The van der Waals surface area contributed by atoms with E-state index in [1.165, 1.54) is 0 Å². The standard InChI is InChI=1S/C15H21N3O2/c1-15(2)14(20)18(10-9-13(19)16-15)12-8-6-5-7-11(12)17(3)4/h5-8H,9-10H2,1-4H3,(H,16,19). The molecule has 0 bridgehead atoms. The summed E-state index contributed by atoms with van der Waals surface area (Å²) in [7, 11) is 3.88. The van der Waals surface area contributed by atoms with Gasteiger partial charge in [0.05, 0.1) is 11.4 Å². The molecule has 0 aromatic heterocycles. The minimum absolute atomic E-state index is 0.0855. The number of anilines is 2. The Morgan fingerprint density at radius 1 is 1.20 bits per heavy atom. The van der Waals surface area contributed by atoms with Crippen LogP contribution < -0.4 is 15.1 Å². The molecule has 0 radical (unpaired) electrons. The highest BCUT2D eigenvalue weighted by atomic mass is 16.2. The molecule has 1 aromatic rings. The Balaban J connectivity index is 2.46. The van der Waals surface area contributed by atoms with Crippen LogP contribution in [0.5, 0.6) is 0 Å². The molecule has 5 nitrogen and oxygen atoms in total. The van der Waals surface area contributed by atoms with Gasteiger partial charge < -0.3 is 15.1 Å². The summed E-state index contributed by atoms with van der Waals surface area (Å²) in [4.78, 5) is 28.1. The zero-order chi connectivity index (χ0) is 14.9. The van der Waals surface area contributed by atoms with Crippen LogP contribution in [-0.4, -0.2) is 38.0 Å². The number of nitrogens with zero attached hydrogens (tertiary/aromatic N) is 2. The second-order valence-corrected chi connectivity index (χ2v) is 5.76. The maximum atomic E-state index is 12.7. The van der Waals surface area contributed by atoms with Crippen LogP contribution >= 0.6 is 0 Å². The zero-order valence-electron chi connectivity index (χ0n) is 12.4. The van der Waals surface area contributed by atoms with E-state index in [0.717, 1.165) is 11.4 Å². The maximum absolute atomic E-state index is 12.7. The van der Waals surface area contributed by atoms with Crippen molar-refractivity contribution in [1.29, 1.82) is 0 Å². The molecule has 0 aliphatic carbocycles. The van der Waals surface area contributed by atoms with Crippen LogP contribution in [0.2, 0.25) is 0 Å².